The number of hydrogen-bond donors (Lipinski definition) is 11. The monoisotopic (exact) mass is 2120 g/mol. The quantitative estimate of drug-likeness (QED) is 0.0103. The number of aryl methyl sites for hydroxylation is 2. The van der Waals surface area contributed by atoms with Crippen LogP contribution in [0.4, 0.5) is 42.4 Å². The summed E-state index contributed by atoms with van der Waals surface area (Å²) in [5.41, 5.74) is 13.3. The number of aliphatic carboxylic acids is 1. The van der Waals surface area contributed by atoms with E-state index in [-0.39, 0.29) is 41.1 Å². The Balaban J connectivity index is 0.000000530. The lowest BCUT2D eigenvalue weighted by Gasteiger charge is -2.37. The fourth-order valence-electron chi connectivity index (χ4n) is 12.3. The number of halogens is 4. The van der Waals surface area contributed by atoms with Crippen molar-refractivity contribution in [3.8, 4) is 18.0 Å². The van der Waals surface area contributed by atoms with Crippen LogP contribution in [0.3, 0.4) is 0 Å². The molecule has 43 nitrogen and oxygen atoms in total. The van der Waals surface area contributed by atoms with Crippen molar-refractivity contribution < 1.29 is 72.0 Å². The van der Waals surface area contributed by atoms with Crippen LogP contribution in [-0.2, 0) is 33.0 Å². The fourth-order valence-corrected chi connectivity index (χ4v) is 14.6. The number of carboxylic acids is 2. The highest BCUT2D eigenvalue weighted by Crippen LogP contribution is 2.29. The van der Waals surface area contributed by atoms with E-state index in [4.69, 9.17) is 72.1 Å². The molecule has 764 valence electrons. The first-order valence-corrected chi connectivity index (χ1v) is 50.7. The van der Waals surface area contributed by atoms with E-state index in [0.29, 0.717) is 103 Å². The van der Waals surface area contributed by atoms with Gasteiger partial charge < -0.3 is 96.0 Å². The van der Waals surface area contributed by atoms with Gasteiger partial charge in [-0.1, -0.05) is 25.0 Å². The maximum absolute atomic E-state index is 12.2. The number of aromatic carboxylic acids is 1. The number of aromatic nitrogens is 12. The molecule has 0 aromatic carbocycles. The number of nitrogens with zero attached hydrogens (tertiary/aromatic N) is 20. The summed E-state index contributed by atoms with van der Waals surface area (Å²) in [6.45, 7) is 37.6. The van der Waals surface area contributed by atoms with Crippen LogP contribution in [0.2, 0.25) is 0 Å². The summed E-state index contributed by atoms with van der Waals surface area (Å²) in [7, 11) is 12.5. The summed E-state index contributed by atoms with van der Waals surface area (Å²) in [6, 6.07) is 20.0. The summed E-state index contributed by atoms with van der Waals surface area (Å²) in [5.74, 6) is 9.20. The first-order chi connectivity index (χ1) is 65.1. The number of H-pyrrole nitrogens is 1. The standard InChI is InChI=1S/C18H26N6O2.C13H21N3O2S.C12H21N5O2.C9H18N2O2.C8H18N2.C7H4ClN3O.C7H5N3O2.C6H6BrN.C6H7NO2S2.CH4O.Cl2OS.H4N2/c1-13-5-6-15(20-12-13)24-14(19)11-16(21-24)22-7-9-23(10-8-22)17(25)26-18(2,3)4;1-13(2,3)18-12(17)16-9-7-15(8-10-16)11(19-4)5-6-14;1-12(2,3)19-11(18)17-6-4-16(5-7-17)10-8-9(13)14-15-10;1-9(2,3)13-8(12)11-6-4-10-5-7-11;1-9-7-5-3-4-6-8(7)10-2;8-6(12)5-4-10-11-3-1-2-9-7(5)11;11-7(12)5-4-9-10-3-1-2-8-6(5)10;1-5-2-3-6(7)8-4-5;1-10-6(11-2)4(3-7)5(8)9;1-2;1-4(2)3;1-2/h5-6,11-12H,7-10,19H2,1-4H3;5H,7-10H2,1-4H3;8H,4-7H2,1-3H3,(H3,13,14,15);10H,4-7H2,1-3H3;7-10H,3-6H2,1-2H3;1-4H;1-4H,(H,11,12);2-4H,1H3;1-2H3,(H,8,9);2H,1H3;;1-2H2/b;11-5+;;;;;;;;;;/t;;;;7-,8-;;;;;;;/m....0......./s1. The molecule has 5 aliphatic rings. The number of ether oxygens (including phenoxy) is 4. The minimum atomic E-state index is -1.67. The number of carbonyl (C=O) groups excluding carboxylic acids is 5. The molecule has 0 bridgehead atoms. The number of amides is 4. The highest BCUT2D eigenvalue weighted by molar-refractivity contribution is 9.10. The van der Waals surface area contributed by atoms with Crippen molar-refractivity contribution >= 4 is 170 Å². The largest absolute Gasteiger partial charge is 0.477 e. The molecule has 13 rings (SSSR count). The zero-order valence-corrected chi connectivity index (χ0v) is 88.9. The molecule has 4 aliphatic heterocycles. The number of carboxylic acid groups (broad SMARTS) is 2. The molecule has 8 aromatic rings. The lowest BCUT2D eigenvalue weighted by atomic mass is 9.91. The van der Waals surface area contributed by atoms with Crippen LogP contribution < -0.4 is 48.9 Å². The Hall–Kier alpha value is -10.6. The maximum atomic E-state index is 12.2. The highest BCUT2D eigenvalue weighted by atomic mass is 79.9. The van der Waals surface area contributed by atoms with Gasteiger partial charge >= 0.3 is 36.3 Å². The van der Waals surface area contributed by atoms with Crippen LogP contribution in [-0.4, -0.2) is 324 Å². The molecule has 4 amide bonds. The third kappa shape index (κ3) is 47.4. The van der Waals surface area contributed by atoms with Crippen molar-refractivity contribution in [3.63, 3.8) is 0 Å². The number of piperazine rings is 4. The summed E-state index contributed by atoms with van der Waals surface area (Å²) in [6.07, 6.45) is 24.2. The minimum absolute atomic E-state index is 0.121. The van der Waals surface area contributed by atoms with Gasteiger partial charge in [0.25, 0.3) is 5.24 Å². The molecule has 1 aliphatic carbocycles. The molecule has 15 N–H and O–H groups in total. The van der Waals surface area contributed by atoms with E-state index < -0.39 is 43.2 Å². The number of aliphatic hydroxyl groups excluding tert-OH is 1. The number of nitrogens with one attached hydrogen (secondary N) is 4. The molecule has 5 fully saturated rings. The number of allylic oxidation sites excluding steroid dienone is 1. The zero-order valence-electron chi connectivity index (χ0n) is 81.8. The molecular weight excluding hydrogens is 1990 g/mol. The molecule has 2 atom stereocenters. The Morgan fingerprint density at radius 2 is 0.971 bits per heavy atom. The molecule has 138 heavy (non-hydrogen) atoms. The topological polar surface area (TPSA) is 577 Å². The second kappa shape index (κ2) is 63.9. The van der Waals surface area contributed by atoms with E-state index >= 15 is 0 Å². The summed E-state index contributed by atoms with van der Waals surface area (Å²) in [5, 5.41) is 70.7. The smallest absolute Gasteiger partial charge is 0.410 e. The van der Waals surface area contributed by atoms with Crippen molar-refractivity contribution in [1.29, 1.82) is 10.5 Å². The molecular formula is C87H134BrCl3N28O15S4. The number of hydrogen-bond acceptors (Lipinski definition) is 36. The molecule has 1 saturated carbocycles. The van der Waals surface area contributed by atoms with Gasteiger partial charge in [-0.15, -0.1) is 40.4 Å². The Morgan fingerprint density at radius 3 is 1.30 bits per heavy atom. The van der Waals surface area contributed by atoms with Gasteiger partial charge in [-0.2, -0.15) is 30.5 Å². The number of anilines is 4. The fraction of sp³-hybridized carbons (Fsp3) is 0.529. The van der Waals surface area contributed by atoms with Crippen LogP contribution in [0.15, 0.2) is 124 Å². The van der Waals surface area contributed by atoms with Crippen molar-refractivity contribution in [3.05, 3.63) is 146 Å². The molecule has 51 heteroatoms. The number of nitrogens with two attached hydrogens (primary N) is 4. The van der Waals surface area contributed by atoms with Gasteiger partial charge in [0.1, 0.15) is 50.3 Å². The van der Waals surface area contributed by atoms with Crippen molar-refractivity contribution in [2.24, 2.45) is 11.7 Å². The number of hydrazine groups is 1. The number of aromatic amines is 1. The predicted molar refractivity (Wildman–Crippen MR) is 548 cm³/mol. The molecule has 8 aromatic heterocycles. The molecule has 0 spiro atoms. The number of rotatable bonds is 12. The van der Waals surface area contributed by atoms with E-state index in [2.05, 4.69) is 145 Å². The lowest BCUT2D eigenvalue weighted by Crippen LogP contribution is -2.50. The molecule has 0 unspecified atom stereocenters. The number of likely N-dealkylation sites (N-methyl/N-ethyl adjacent to an activating group) is 2. The van der Waals surface area contributed by atoms with Crippen LogP contribution in [0, 0.1) is 36.5 Å². The van der Waals surface area contributed by atoms with Crippen molar-refractivity contribution in [1.82, 2.24) is 99.6 Å². The van der Waals surface area contributed by atoms with Gasteiger partial charge in [-0.25, -0.2) is 61.9 Å². The third-order valence-corrected chi connectivity index (χ3v) is 22.2. The SMILES string of the molecule is CC(C)(C)OC(=O)N1CCN(c2cc(N)[nH]n2)CC1.CC(C)(C)OC(=O)N1CCNCC1.CN[C@H]1CCCC[C@@H]1NC.CO.CS/C(=C/C#N)N1CCN(C(=O)OC(C)(C)C)CC1.CSC(SC)=C(C#N)C(=O)O.Cc1ccc(-n2nc(N3CCN(C(=O)OC(C)(C)C)CC3)cc2N)nc1.Cc1ccc(Br)nc1.NN.O=C(Cl)c1cnn2cccnc12.O=C(O)c1cnn2cccnc12.O=S(Cl)Cl. The van der Waals surface area contributed by atoms with E-state index in [1.54, 1.807) is 104 Å². The maximum Gasteiger partial charge on any atom is 0.410 e. The van der Waals surface area contributed by atoms with Crippen LogP contribution in [0.5, 0.6) is 0 Å². The summed E-state index contributed by atoms with van der Waals surface area (Å²) < 4.78 is 36.4. The van der Waals surface area contributed by atoms with Gasteiger partial charge in [0.15, 0.2) is 34.3 Å². The zero-order chi connectivity index (χ0) is 104. The number of thioether (sulfide) groups is 3. The molecule has 0 radical (unpaired) electrons. The Kier molecular flexibility index (Phi) is 57.2. The first-order valence-electron chi connectivity index (χ1n) is 43.1. The first kappa shape index (κ1) is 123. The minimum Gasteiger partial charge on any atom is -0.477 e. The van der Waals surface area contributed by atoms with E-state index in [9.17, 15) is 33.6 Å². The molecule has 12 heterocycles. The summed E-state index contributed by atoms with van der Waals surface area (Å²) in [4.78, 5) is 109. The summed E-state index contributed by atoms with van der Waals surface area (Å²) >= 11 is 12.6. The van der Waals surface area contributed by atoms with Gasteiger partial charge in [0.05, 0.1) is 33.3 Å². The van der Waals surface area contributed by atoms with Gasteiger partial charge in [0.2, 0.25) is 9.23 Å². The number of carbonyl (C=O) groups is 7. The average Bonchev–Trinajstić information content (AvgIpc) is 1.66. The normalized spacial score (nSPS) is 15.1. The van der Waals surface area contributed by atoms with Gasteiger partial charge in [0, 0.05) is 201 Å². The van der Waals surface area contributed by atoms with Crippen molar-refractivity contribution in [2.75, 3.05) is 166 Å². The number of nitriles is 2. The molecule has 4 saturated heterocycles. The Bertz CT molecular complexity index is 5060. The average molecular weight is 2130 g/mol. The van der Waals surface area contributed by atoms with Gasteiger partial charge in [-0.3, -0.25) is 21.6 Å². The van der Waals surface area contributed by atoms with Crippen LogP contribution >= 0.6 is 84.2 Å². The lowest BCUT2D eigenvalue weighted by molar-refractivity contribution is -0.132. The van der Waals surface area contributed by atoms with E-state index in [1.807, 2.05) is 140 Å². The van der Waals surface area contributed by atoms with E-state index in [0.717, 1.165) is 86.3 Å². The van der Waals surface area contributed by atoms with Crippen LogP contribution in [0.1, 0.15) is 141 Å². The van der Waals surface area contributed by atoms with E-state index in [1.165, 1.54) is 82.4 Å². The Labute approximate surface area is 844 Å². The number of nitrogen functional groups attached to an aromatic ring is 2. The van der Waals surface area contributed by atoms with Crippen molar-refractivity contribution in [2.45, 2.75) is 157 Å². The second-order valence-corrected chi connectivity index (χ2v) is 39.9. The number of aliphatic hydroxyl groups is 1. The predicted octanol–water partition coefficient (Wildman–Crippen LogP) is 11.8. The second-order valence-electron chi connectivity index (χ2n) is 33.5. The van der Waals surface area contributed by atoms with Gasteiger partial charge in [-0.05, 0) is 206 Å². The Morgan fingerprint density at radius 1 is 0.572 bits per heavy atom. The number of pyridine rings is 2. The third-order valence-electron chi connectivity index (χ3n) is 18.6. The number of fused-ring (bicyclic) bond motifs is 2. The highest BCUT2D eigenvalue weighted by Gasteiger charge is 2.32. The van der Waals surface area contributed by atoms with Crippen LogP contribution in [0.25, 0.3) is 17.1 Å².